The zero-order chi connectivity index (χ0) is 18.6. The van der Waals surface area contributed by atoms with Crippen LogP contribution in [0, 0.1) is 0 Å². The molecule has 4 rings (SSSR count). The number of amides is 2. The van der Waals surface area contributed by atoms with Crippen molar-refractivity contribution in [2.45, 2.75) is 18.9 Å². The standard InChI is InChI=1S/C22H21N3O2/c26-21(14-23-20-10-4-6-15-5-1-2-9-19(15)20)24-18-8-3-7-16(13-18)22(27)25-17-11-12-17/h1-10,13,17,23H,11-12,14H2,(H,24,26)(H,25,27). The highest BCUT2D eigenvalue weighted by molar-refractivity contribution is 5.99. The average molecular weight is 359 g/mol. The molecule has 0 heterocycles. The fraction of sp³-hybridized carbons (Fsp3) is 0.182. The van der Waals surface area contributed by atoms with Crippen molar-refractivity contribution in [1.82, 2.24) is 5.32 Å². The molecule has 1 fully saturated rings. The Morgan fingerprint density at radius 1 is 0.926 bits per heavy atom. The molecule has 0 unspecified atom stereocenters. The molecule has 0 aliphatic heterocycles. The number of rotatable bonds is 6. The van der Waals surface area contributed by atoms with Gasteiger partial charge in [-0.25, -0.2) is 0 Å². The molecule has 136 valence electrons. The van der Waals surface area contributed by atoms with E-state index in [1.54, 1.807) is 24.3 Å². The van der Waals surface area contributed by atoms with E-state index in [0.29, 0.717) is 17.3 Å². The van der Waals surface area contributed by atoms with Crippen LogP contribution in [0.15, 0.2) is 66.7 Å². The van der Waals surface area contributed by atoms with Gasteiger partial charge < -0.3 is 16.0 Å². The Bertz CT molecular complexity index is 990. The maximum absolute atomic E-state index is 12.3. The molecule has 1 saturated carbocycles. The zero-order valence-corrected chi connectivity index (χ0v) is 14.9. The molecule has 0 bridgehead atoms. The lowest BCUT2D eigenvalue weighted by atomic mass is 10.1. The van der Waals surface area contributed by atoms with Crippen molar-refractivity contribution < 1.29 is 9.59 Å². The summed E-state index contributed by atoms with van der Waals surface area (Å²) in [4.78, 5) is 24.4. The number of benzene rings is 3. The van der Waals surface area contributed by atoms with Crippen molar-refractivity contribution in [3.05, 3.63) is 72.3 Å². The number of anilines is 2. The van der Waals surface area contributed by atoms with E-state index in [-0.39, 0.29) is 18.4 Å². The molecule has 3 N–H and O–H groups in total. The van der Waals surface area contributed by atoms with E-state index in [9.17, 15) is 9.59 Å². The van der Waals surface area contributed by atoms with Gasteiger partial charge >= 0.3 is 0 Å². The molecule has 5 nitrogen and oxygen atoms in total. The predicted molar refractivity (Wildman–Crippen MR) is 108 cm³/mol. The fourth-order valence-electron chi connectivity index (χ4n) is 2.99. The first-order chi connectivity index (χ1) is 13.2. The molecule has 0 aromatic heterocycles. The quantitative estimate of drug-likeness (QED) is 0.627. The van der Waals surface area contributed by atoms with Crippen LogP contribution in [0.3, 0.4) is 0 Å². The summed E-state index contributed by atoms with van der Waals surface area (Å²) < 4.78 is 0. The Kier molecular flexibility index (Phi) is 4.75. The molecule has 3 aromatic carbocycles. The number of hydrogen-bond donors (Lipinski definition) is 3. The van der Waals surface area contributed by atoms with Crippen LogP contribution in [0.1, 0.15) is 23.2 Å². The topological polar surface area (TPSA) is 70.2 Å². The van der Waals surface area contributed by atoms with Crippen molar-refractivity contribution in [3.63, 3.8) is 0 Å². The van der Waals surface area contributed by atoms with Crippen LogP contribution in [-0.2, 0) is 4.79 Å². The Morgan fingerprint density at radius 2 is 1.70 bits per heavy atom. The summed E-state index contributed by atoms with van der Waals surface area (Å²) in [5.41, 5.74) is 2.09. The maximum Gasteiger partial charge on any atom is 0.251 e. The van der Waals surface area contributed by atoms with E-state index in [0.717, 1.165) is 29.3 Å². The summed E-state index contributed by atoms with van der Waals surface area (Å²) in [5.74, 6) is -0.259. The lowest BCUT2D eigenvalue weighted by molar-refractivity contribution is -0.114. The SMILES string of the molecule is O=C(CNc1cccc2ccccc12)Nc1cccc(C(=O)NC2CC2)c1. The molecule has 1 aliphatic rings. The maximum atomic E-state index is 12.3. The van der Waals surface area contributed by atoms with Gasteiger partial charge in [-0.1, -0.05) is 42.5 Å². The van der Waals surface area contributed by atoms with Crippen LogP contribution < -0.4 is 16.0 Å². The van der Waals surface area contributed by atoms with Gasteiger partial charge in [0.25, 0.3) is 5.91 Å². The Morgan fingerprint density at radius 3 is 2.56 bits per heavy atom. The van der Waals surface area contributed by atoms with Gasteiger partial charge in [-0.05, 0) is 42.5 Å². The van der Waals surface area contributed by atoms with Crippen LogP contribution in [0.2, 0.25) is 0 Å². The average Bonchev–Trinajstić information content (AvgIpc) is 3.50. The Labute approximate surface area is 157 Å². The summed E-state index contributed by atoms with van der Waals surface area (Å²) >= 11 is 0. The zero-order valence-electron chi connectivity index (χ0n) is 14.9. The van der Waals surface area contributed by atoms with Crippen LogP contribution in [-0.4, -0.2) is 24.4 Å². The lowest BCUT2D eigenvalue weighted by Gasteiger charge is -2.11. The van der Waals surface area contributed by atoms with Crippen molar-refractivity contribution in [2.24, 2.45) is 0 Å². The fourth-order valence-corrected chi connectivity index (χ4v) is 2.99. The first-order valence-corrected chi connectivity index (χ1v) is 9.11. The smallest absolute Gasteiger partial charge is 0.251 e. The second-order valence-corrected chi connectivity index (χ2v) is 6.76. The van der Waals surface area contributed by atoms with Gasteiger partial charge in [-0.15, -0.1) is 0 Å². The summed E-state index contributed by atoms with van der Waals surface area (Å²) in [6, 6.07) is 21.3. The van der Waals surface area contributed by atoms with Gasteiger partial charge in [0.05, 0.1) is 6.54 Å². The molecule has 2 amide bonds. The lowest BCUT2D eigenvalue weighted by Crippen LogP contribution is -2.26. The van der Waals surface area contributed by atoms with Crippen LogP contribution in [0.5, 0.6) is 0 Å². The minimum atomic E-state index is -0.164. The summed E-state index contributed by atoms with van der Waals surface area (Å²) in [6.45, 7) is 0.145. The number of hydrogen-bond acceptors (Lipinski definition) is 3. The number of nitrogens with one attached hydrogen (secondary N) is 3. The third-order valence-electron chi connectivity index (χ3n) is 4.55. The van der Waals surface area contributed by atoms with Crippen molar-refractivity contribution in [2.75, 3.05) is 17.2 Å². The molecule has 27 heavy (non-hydrogen) atoms. The summed E-state index contributed by atoms with van der Waals surface area (Å²) in [7, 11) is 0. The first-order valence-electron chi connectivity index (χ1n) is 9.11. The highest BCUT2D eigenvalue weighted by Gasteiger charge is 2.23. The molecule has 3 aromatic rings. The van der Waals surface area contributed by atoms with E-state index in [4.69, 9.17) is 0 Å². The largest absolute Gasteiger partial charge is 0.376 e. The van der Waals surface area contributed by atoms with Gasteiger partial charge in [0.1, 0.15) is 0 Å². The van der Waals surface area contributed by atoms with Gasteiger partial charge in [0, 0.05) is 28.4 Å². The van der Waals surface area contributed by atoms with Gasteiger partial charge in [-0.2, -0.15) is 0 Å². The third-order valence-corrected chi connectivity index (χ3v) is 4.55. The molecule has 0 radical (unpaired) electrons. The summed E-state index contributed by atoms with van der Waals surface area (Å²) in [6.07, 6.45) is 2.09. The van der Waals surface area contributed by atoms with E-state index in [2.05, 4.69) is 16.0 Å². The van der Waals surface area contributed by atoms with Crippen LogP contribution >= 0.6 is 0 Å². The molecular weight excluding hydrogens is 338 g/mol. The monoisotopic (exact) mass is 359 g/mol. The molecule has 1 aliphatic carbocycles. The van der Waals surface area contributed by atoms with E-state index >= 15 is 0 Å². The minimum Gasteiger partial charge on any atom is -0.376 e. The van der Waals surface area contributed by atoms with Crippen LogP contribution in [0.4, 0.5) is 11.4 Å². The van der Waals surface area contributed by atoms with E-state index < -0.39 is 0 Å². The van der Waals surface area contributed by atoms with Crippen LogP contribution in [0.25, 0.3) is 10.8 Å². The first kappa shape index (κ1) is 17.1. The molecule has 0 spiro atoms. The van der Waals surface area contributed by atoms with Crippen molar-refractivity contribution in [3.8, 4) is 0 Å². The Hall–Kier alpha value is -3.34. The normalized spacial score (nSPS) is 13.2. The molecular formula is C22H21N3O2. The molecule has 0 saturated heterocycles. The second-order valence-electron chi connectivity index (χ2n) is 6.76. The highest BCUT2D eigenvalue weighted by Crippen LogP contribution is 2.23. The van der Waals surface area contributed by atoms with Gasteiger partial charge in [0.2, 0.25) is 5.91 Å². The van der Waals surface area contributed by atoms with E-state index in [1.807, 2.05) is 42.5 Å². The van der Waals surface area contributed by atoms with Crippen molar-refractivity contribution in [1.29, 1.82) is 0 Å². The third kappa shape index (κ3) is 4.26. The van der Waals surface area contributed by atoms with Gasteiger partial charge in [0.15, 0.2) is 0 Å². The highest BCUT2D eigenvalue weighted by atomic mass is 16.2. The van der Waals surface area contributed by atoms with E-state index in [1.165, 1.54) is 0 Å². The van der Waals surface area contributed by atoms with Crippen molar-refractivity contribution >= 4 is 34.0 Å². The second kappa shape index (κ2) is 7.50. The number of fused-ring (bicyclic) bond motifs is 1. The minimum absolute atomic E-state index is 0.0949. The summed E-state index contributed by atoms with van der Waals surface area (Å²) in [5, 5.41) is 11.2. The number of carbonyl (C=O) groups is 2. The van der Waals surface area contributed by atoms with Gasteiger partial charge in [-0.3, -0.25) is 9.59 Å². The molecule has 0 atom stereocenters. The Balaban J connectivity index is 1.38. The number of carbonyl (C=O) groups excluding carboxylic acids is 2. The molecule has 5 heteroatoms. The predicted octanol–water partition coefficient (Wildman–Crippen LogP) is 3.78.